The Bertz CT molecular complexity index is 687. The normalized spacial score (nSPS) is 17.7. The van der Waals surface area contributed by atoms with Gasteiger partial charge in [-0.2, -0.15) is 0 Å². The van der Waals surface area contributed by atoms with Gasteiger partial charge in [0.1, 0.15) is 0 Å². The molecule has 27 heavy (non-hydrogen) atoms. The van der Waals surface area contributed by atoms with Crippen molar-refractivity contribution in [1.29, 1.82) is 0 Å². The molecule has 0 bridgehead atoms. The van der Waals surface area contributed by atoms with Crippen LogP contribution < -0.4 is 15.8 Å². The van der Waals surface area contributed by atoms with Gasteiger partial charge < -0.3 is 15.8 Å². The van der Waals surface area contributed by atoms with Gasteiger partial charge >= 0.3 is 0 Å². The Morgan fingerprint density at radius 1 is 1.33 bits per heavy atom. The second-order valence-electron chi connectivity index (χ2n) is 6.94. The zero-order chi connectivity index (χ0) is 19.0. The lowest BCUT2D eigenvalue weighted by atomic mass is 10.1. The molecule has 0 amide bonds. The molecule has 0 radical (unpaired) electrons. The van der Waals surface area contributed by atoms with Crippen LogP contribution in [0.2, 0.25) is 0 Å². The van der Waals surface area contributed by atoms with Crippen molar-refractivity contribution in [1.82, 2.24) is 10.0 Å². The van der Waals surface area contributed by atoms with E-state index in [1.54, 1.807) is 24.3 Å². The largest absolute Gasteiger partial charge is 0.377 e. The van der Waals surface area contributed by atoms with Gasteiger partial charge in [0.05, 0.1) is 17.5 Å². The maximum atomic E-state index is 12.3. The van der Waals surface area contributed by atoms with Crippen LogP contribution in [0.15, 0.2) is 34.2 Å². The zero-order valence-electron chi connectivity index (χ0n) is 16.0. The Morgan fingerprint density at radius 3 is 2.63 bits per heavy atom. The predicted molar refractivity (Wildman–Crippen MR) is 119 cm³/mol. The van der Waals surface area contributed by atoms with Crippen molar-refractivity contribution >= 4 is 40.0 Å². The minimum atomic E-state index is -3.52. The fraction of sp³-hybridized carbons (Fsp3) is 0.611. The van der Waals surface area contributed by atoms with Crippen LogP contribution in [-0.2, 0) is 21.3 Å². The second-order valence-corrected chi connectivity index (χ2v) is 8.71. The summed E-state index contributed by atoms with van der Waals surface area (Å²) in [6.07, 6.45) is 2.88. The van der Waals surface area contributed by atoms with E-state index < -0.39 is 10.0 Å². The highest BCUT2D eigenvalue weighted by Crippen LogP contribution is 2.14. The molecule has 1 aliphatic heterocycles. The first-order valence-electron chi connectivity index (χ1n) is 9.11. The second kappa shape index (κ2) is 11.8. The number of guanidine groups is 1. The maximum Gasteiger partial charge on any atom is 0.240 e. The SMILES string of the molecule is CC(C)CCNC(N)=NCc1ccc(S(=O)(=O)NCC2CCCO2)cc1.I. The number of ether oxygens (including phenoxy) is 1. The highest BCUT2D eigenvalue weighted by atomic mass is 127. The first-order valence-corrected chi connectivity index (χ1v) is 10.6. The third-order valence-corrected chi connectivity index (χ3v) is 5.66. The van der Waals surface area contributed by atoms with Crippen molar-refractivity contribution in [2.75, 3.05) is 19.7 Å². The number of nitrogens with one attached hydrogen (secondary N) is 2. The van der Waals surface area contributed by atoms with Crippen molar-refractivity contribution in [3.8, 4) is 0 Å². The minimum Gasteiger partial charge on any atom is -0.377 e. The molecular weight excluding hydrogens is 479 g/mol. The monoisotopic (exact) mass is 510 g/mol. The van der Waals surface area contributed by atoms with Gasteiger partial charge in [-0.1, -0.05) is 26.0 Å². The Hall–Kier alpha value is -0.910. The van der Waals surface area contributed by atoms with Crippen LogP contribution >= 0.6 is 24.0 Å². The van der Waals surface area contributed by atoms with E-state index in [1.165, 1.54) is 0 Å². The fourth-order valence-electron chi connectivity index (χ4n) is 2.59. The molecule has 1 saturated heterocycles. The van der Waals surface area contributed by atoms with Crippen molar-refractivity contribution in [2.24, 2.45) is 16.6 Å². The first kappa shape index (κ1) is 24.1. The Kier molecular flexibility index (Phi) is 10.6. The number of nitrogens with zero attached hydrogens (tertiary/aromatic N) is 1. The van der Waals surface area contributed by atoms with E-state index in [-0.39, 0.29) is 35.0 Å². The lowest BCUT2D eigenvalue weighted by molar-refractivity contribution is 0.114. The van der Waals surface area contributed by atoms with Gasteiger partial charge in [-0.3, -0.25) is 0 Å². The molecule has 1 unspecified atom stereocenters. The molecule has 0 saturated carbocycles. The molecule has 0 spiro atoms. The summed E-state index contributed by atoms with van der Waals surface area (Å²) in [5, 5.41) is 3.07. The summed E-state index contributed by atoms with van der Waals surface area (Å²) in [6, 6.07) is 6.69. The summed E-state index contributed by atoms with van der Waals surface area (Å²) in [5.74, 6) is 1.01. The van der Waals surface area contributed by atoms with Crippen LogP contribution in [0.5, 0.6) is 0 Å². The number of rotatable bonds is 9. The van der Waals surface area contributed by atoms with Gasteiger partial charge in [-0.15, -0.1) is 24.0 Å². The number of aliphatic imine (C=N–C) groups is 1. The lowest BCUT2D eigenvalue weighted by Gasteiger charge is -2.11. The van der Waals surface area contributed by atoms with Crippen molar-refractivity contribution < 1.29 is 13.2 Å². The fourth-order valence-corrected chi connectivity index (χ4v) is 3.65. The standard InChI is InChI=1S/C18H30N4O3S.HI/c1-14(2)9-10-20-18(19)21-12-15-5-7-17(8-6-15)26(23,24)22-13-16-4-3-11-25-16;/h5-8,14,16,22H,3-4,9-13H2,1-2H3,(H3,19,20,21);1H. The van der Waals surface area contributed by atoms with Crippen molar-refractivity contribution in [3.63, 3.8) is 0 Å². The molecule has 1 fully saturated rings. The smallest absolute Gasteiger partial charge is 0.240 e. The van der Waals surface area contributed by atoms with E-state index in [0.29, 0.717) is 31.6 Å². The molecular formula is C18H31IN4O3S. The van der Waals surface area contributed by atoms with Crippen LogP contribution in [0.1, 0.15) is 38.7 Å². The average Bonchev–Trinajstić information content (AvgIpc) is 3.12. The topological polar surface area (TPSA) is 106 Å². The molecule has 1 atom stereocenters. The zero-order valence-corrected chi connectivity index (χ0v) is 19.1. The van der Waals surface area contributed by atoms with Crippen molar-refractivity contribution in [2.45, 2.75) is 50.7 Å². The van der Waals surface area contributed by atoms with E-state index in [0.717, 1.165) is 31.4 Å². The van der Waals surface area contributed by atoms with E-state index in [1.807, 2.05) is 0 Å². The van der Waals surface area contributed by atoms with Gasteiger partial charge in [-0.05, 0) is 42.9 Å². The van der Waals surface area contributed by atoms with E-state index in [4.69, 9.17) is 10.5 Å². The molecule has 1 aliphatic rings. The number of hydrogen-bond donors (Lipinski definition) is 3. The Morgan fingerprint density at radius 2 is 2.04 bits per heavy atom. The molecule has 4 N–H and O–H groups in total. The number of sulfonamides is 1. The summed E-state index contributed by atoms with van der Waals surface area (Å²) in [4.78, 5) is 4.52. The summed E-state index contributed by atoms with van der Waals surface area (Å²) in [6.45, 7) is 6.52. The minimum absolute atomic E-state index is 0. The quantitative estimate of drug-likeness (QED) is 0.269. The summed E-state index contributed by atoms with van der Waals surface area (Å²) < 4.78 is 32.7. The molecule has 154 valence electrons. The van der Waals surface area contributed by atoms with Crippen LogP contribution in [-0.4, -0.2) is 40.2 Å². The highest BCUT2D eigenvalue weighted by Gasteiger charge is 2.20. The molecule has 1 aromatic carbocycles. The lowest BCUT2D eigenvalue weighted by Crippen LogP contribution is -2.32. The average molecular weight is 510 g/mol. The van der Waals surface area contributed by atoms with Crippen LogP contribution in [0, 0.1) is 5.92 Å². The van der Waals surface area contributed by atoms with Gasteiger partial charge in [0.2, 0.25) is 10.0 Å². The molecule has 9 heteroatoms. The molecule has 1 heterocycles. The highest BCUT2D eigenvalue weighted by molar-refractivity contribution is 14.0. The summed E-state index contributed by atoms with van der Waals surface area (Å²) in [5.41, 5.74) is 6.73. The number of hydrogen-bond acceptors (Lipinski definition) is 4. The third-order valence-electron chi connectivity index (χ3n) is 4.22. The summed E-state index contributed by atoms with van der Waals surface area (Å²) >= 11 is 0. The number of nitrogens with two attached hydrogens (primary N) is 1. The molecule has 2 rings (SSSR count). The maximum absolute atomic E-state index is 12.3. The predicted octanol–water partition coefficient (Wildman–Crippen LogP) is 2.21. The summed E-state index contributed by atoms with van der Waals surface area (Å²) in [7, 11) is -3.52. The van der Waals surface area contributed by atoms with Gasteiger partial charge in [0.15, 0.2) is 5.96 Å². The molecule has 7 nitrogen and oxygen atoms in total. The van der Waals surface area contributed by atoms with Crippen LogP contribution in [0.3, 0.4) is 0 Å². The Labute approximate surface area is 179 Å². The molecule has 0 aliphatic carbocycles. The Balaban J connectivity index is 0.00000364. The van der Waals surface area contributed by atoms with Crippen molar-refractivity contribution in [3.05, 3.63) is 29.8 Å². The van der Waals surface area contributed by atoms with E-state index in [2.05, 4.69) is 28.9 Å². The van der Waals surface area contributed by atoms with E-state index in [9.17, 15) is 8.42 Å². The van der Waals surface area contributed by atoms with Gasteiger partial charge in [-0.25, -0.2) is 18.1 Å². The number of benzene rings is 1. The first-order chi connectivity index (χ1) is 12.4. The van der Waals surface area contributed by atoms with Gasteiger partial charge in [0.25, 0.3) is 0 Å². The number of halogens is 1. The van der Waals surface area contributed by atoms with Crippen LogP contribution in [0.25, 0.3) is 0 Å². The molecule has 0 aromatic heterocycles. The van der Waals surface area contributed by atoms with E-state index >= 15 is 0 Å². The van der Waals surface area contributed by atoms with Gasteiger partial charge in [0, 0.05) is 19.7 Å². The molecule has 1 aromatic rings. The third kappa shape index (κ3) is 8.75. The van der Waals surface area contributed by atoms with Crippen LogP contribution in [0.4, 0.5) is 0 Å².